The Hall–Kier alpha value is -6.38. The molecule has 5 heterocycles. The number of alkyl carbamates (subject to hydrolysis) is 2. The van der Waals surface area contributed by atoms with Crippen LogP contribution in [0.3, 0.4) is 0 Å². The van der Waals surface area contributed by atoms with Gasteiger partial charge in [-0.05, 0) is 79.3 Å². The molecule has 2 saturated heterocycles. The highest BCUT2D eigenvalue weighted by Gasteiger charge is 2.42. The molecule has 5 aromatic rings. The second kappa shape index (κ2) is 18.0. The van der Waals surface area contributed by atoms with Crippen LogP contribution in [-0.2, 0) is 24.5 Å². The van der Waals surface area contributed by atoms with E-state index in [-0.39, 0.29) is 41.1 Å². The van der Waals surface area contributed by atoms with Crippen LogP contribution in [0.25, 0.3) is 33.3 Å². The lowest BCUT2D eigenvalue weighted by atomic mass is 9.67. The van der Waals surface area contributed by atoms with Crippen molar-refractivity contribution in [1.82, 2.24) is 40.4 Å². The third kappa shape index (κ3) is 7.93. The number of hydrogen-bond acceptors (Lipinski definition) is 9. The summed E-state index contributed by atoms with van der Waals surface area (Å²) >= 11 is 0. The van der Waals surface area contributed by atoms with Gasteiger partial charge in [-0.15, -0.1) is 0 Å². The van der Waals surface area contributed by atoms with Gasteiger partial charge in [-0.3, -0.25) is 9.59 Å². The number of aromatic amines is 2. The van der Waals surface area contributed by atoms with Crippen LogP contribution in [0.2, 0.25) is 0 Å². The molecule has 4 amide bonds. The number of aromatic nitrogens is 4. The van der Waals surface area contributed by atoms with Crippen LogP contribution in [-0.4, -0.2) is 93.1 Å². The molecule has 0 radical (unpaired) electrons. The van der Waals surface area contributed by atoms with Crippen molar-refractivity contribution in [2.24, 2.45) is 11.8 Å². The number of ether oxygens (including phenoxy) is 3. The smallest absolute Gasteiger partial charge is 0.407 e. The summed E-state index contributed by atoms with van der Waals surface area (Å²) in [5.74, 6) is 2.53. The molecule has 0 spiro atoms. The summed E-state index contributed by atoms with van der Waals surface area (Å²) in [6.45, 7) is 13.3. The average Bonchev–Trinajstić information content (AvgIpc) is 4.15. The van der Waals surface area contributed by atoms with E-state index in [9.17, 15) is 19.2 Å². The van der Waals surface area contributed by atoms with Crippen LogP contribution in [0, 0.1) is 11.8 Å². The summed E-state index contributed by atoms with van der Waals surface area (Å²) in [7, 11) is 2.59. The number of nitrogens with one attached hydrogen (secondary N) is 4. The van der Waals surface area contributed by atoms with Crippen molar-refractivity contribution in [3.63, 3.8) is 0 Å². The molecule has 3 aromatic carbocycles. The zero-order valence-electron chi connectivity index (χ0n) is 38.0. The number of hydrogen-bond donors (Lipinski definition) is 4. The van der Waals surface area contributed by atoms with E-state index in [1.54, 1.807) is 0 Å². The van der Waals surface area contributed by atoms with Gasteiger partial charge in [0.2, 0.25) is 11.8 Å². The first-order valence-corrected chi connectivity index (χ1v) is 22.6. The van der Waals surface area contributed by atoms with Crippen LogP contribution in [0.15, 0.2) is 60.9 Å². The maximum Gasteiger partial charge on any atom is 0.407 e. The molecular weight excluding hydrogens is 813 g/mol. The van der Waals surface area contributed by atoms with Gasteiger partial charge in [0, 0.05) is 40.8 Å². The minimum atomic E-state index is -0.708. The molecule has 8 rings (SSSR count). The monoisotopic (exact) mass is 872 g/mol. The van der Waals surface area contributed by atoms with Gasteiger partial charge in [0.25, 0.3) is 0 Å². The molecule has 3 aliphatic rings. The van der Waals surface area contributed by atoms with E-state index in [0.717, 1.165) is 94.7 Å². The van der Waals surface area contributed by atoms with Crippen molar-refractivity contribution in [2.75, 3.05) is 27.3 Å². The number of imidazole rings is 2. The standard InChI is InChI=1S/C49H60N8O7/c1-9-49(10-2)33-19-16-31(35-26-51-44(53-35)37-14-12-22-57(37)46(59)42(28(5)6)55-48(61)63-8)24-39(33)64-38-20-17-29-23-30(15-18-32(29)40(38)49)34-25-50-43(52-34)36-13-11-21-56(36)45(58)41(27(3)4)54-47(60)62-7/h15-20,23-28,36-37,41-42H,9-14,21-22H2,1-8H3,(H,50,52)(H,51,53)(H,54,60)(H,55,61)/t36-,37-,41-,42+/m0/s1. The summed E-state index contributed by atoms with van der Waals surface area (Å²) in [5, 5.41) is 7.65. The first-order chi connectivity index (χ1) is 30.8. The lowest BCUT2D eigenvalue weighted by Crippen LogP contribution is -2.51. The molecule has 3 aliphatic heterocycles. The molecule has 15 nitrogen and oxygen atoms in total. The summed E-state index contributed by atoms with van der Waals surface area (Å²) in [5.41, 5.74) is 5.59. The van der Waals surface area contributed by atoms with Gasteiger partial charge in [0.05, 0.1) is 50.1 Å². The zero-order chi connectivity index (χ0) is 45.4. The van der Waals surface area contributed by atoms with E-state index in [1.165, 1.54) is 19.8 Å². The van der Waals surface area contributed by atoms with E-state index in [0.29, 0.717) is 18.9 Å². The maximum atomic E-state index is 13.7. The van der Waals surface area contributed by atoms with Crippen LogP contribution >= 0.6 is 0 Å². The Labute approximate surface area is 374 Å². The SMILES string of the molecule is CCC1(CC)c2ccc(-c3cnc([C@@H]4CCCN4C(=O)[C@H](NC(=O)OC)C(C)C)[nH]3)cc2Oc2ccc3cc(-c4cnc([C@@H]5CCCN5C(=O)[C@@H](NC(=O)OC)C(C)C)[nH]4)ccc3c21. The van der Waals surface area contributed by atoms with Gasteiger partial charge in [0.15, 0.2) is 0 Å². The normalized spacial score (nSPS) is 18.7. The quantitative estimate of drug-likeness (QED) is 0.0951. The highest BCUT2D eigenvalue weighted by Crippen LogP contribution is 2.55. The summed E-state index contributed by atoms with van der Waals surface area (Å²) < 4.78 is 16.4. The number of fused-ring (bicyclic) bond motifs is 4. The van der Waals surface area contributed by atoms with E-state index in [2.05, 4.69) is 83.0 Å². The largest absolute Gasteiger partial charge is 0.457 e. The fourth-order valence-corrected chi connectivity index (χ4v) is 10.2. The van der Waals surface area contributed by atoms with Crippen molar-refractivity contribution < 1.29 is 33.4 Å². The third-order valence-electron chi connectivity index (χ3n) is 13.7. The van der Waals surface area contributed by atoms with E-state index in [1.807, 2.05) is 49.9 Å². The predicted octanol–water partition coefficient (Wildman–Crippen LogP) is 8.92. The van der Waals surface area contributed by atoms with Gasteiger partial charge in [-0.1, -0.05) is 71.9 Å². The average molecular weight is 873 g/mol. The predicted molar refractivity (Wildman–Crippen MR) is 243 cm³/mol. The Kier molecular flexibility index (Phi) is 12.4. The minimum Gasteiger partial charge on any atom is -0.457 e. The summed E-state index contributed by atoms with van der Waals surface area (Å²) in [4.78, 5) is 71.9. The zero-order valence-corrected chi connectivity index (χ0v) is 38.0. The second-order valence-corrected chi connectivity index (χ2v) is 17.9. The van der Waals surface area contributed by atoms with Gasteiger partial charge < -0.3 is 44.6 Å². The lowest BCUT2D eigenvalue weighted by Gasteiger charge is -2.40. The van der Waals surface area contributed by atoms with Gasteiger partial charge in [-0.2, -0.15) is 0 Å². The van der Waals surface area contributed by atoms with Crippen LogP contribution in [0.4, 0.5) is 9.59 Å². The molecule has 0 bridgehead atoms. The number of nitrogens with zero attached hydrogens (tertiary/aromatic N) is 4. The fourth-order valence-electron chi connectivity index (χ4n) is 10.2. The number of amides is 4. The van der Waals surface area contributed by atoms with Crippen LogP contribution in [0.1, 0.15) is 115 Å². The number of H-pyrrole nitrogens is 2. The van der Waals surface area contributed by atoms with E-state index < -0.39 is 24.3 Å². The van der Waals surface area contributed by atoms with Gasteiger partial charge in [0.1, 0.15) is 35.2 Å². The molecule has 2 fully saturated rings. The number of benzene rings is 3. The molecule has 0 aliphatic carbocycles. The molecule has 338 valence electrons. The van der Waals surface area contributed by atoms with E-state index in [4.69, 9.17) is 24.2 Å². The highest BCUT2D eigenvalue weighted by molar-refractivity contribution is 5.94. The van der Waals surface area contributed by atoms with Crippen molar-refractivity contribution in [1.29, 1.82) is 0 Å². The number of rotatable bonds is 12. The second-order valence-electron chi connectivity index (χ2n) is 17.9. The number of carbonyl (C=O) groups is 4. The number of likely N-dealkylation sites (tertiary alicyclic amines) is 2. The molecule has 4 atom stereocenters. The first-order valence-electron chi connectivity index (χ1n) is 22.6. The van der Waals surface area contributed by atoms with Gasteiger partial charge in [-0.25, -0.2) is 19.6 Å². The first kappa shape index (κ1) is 44.2. The molecule has 15 heteroatoms. The molecule has 64 heavy (non-hydrogen) atoms. The highest BCUT2D eigenvalue weighted by atomic mass is 16.5. The van der Waals surface area contributed by atoms with Crippen molar-refractivity contribution in [3.05, 3.63) is 83.7 Å². The molecule has 2 aromatic heterocycles. The van der Waals surface area contributed by atoms with Crippen molar-refractivity contribution >= 4 is 34.8 Å². The van der Waals surface area contributed by atoms with Crippen molar-refractivity contribution in [3.8, 4) is 34.0 Å². The number of methoxy groups -OCH3 is 2. The third-order valence-corrected chi connectivity index (χ3v) is 13.7. The molecule has 0 unspecified atom stereocenters. The van der Waals surface area contributed by atoms with Crippen molar-refractivity contribution in [2.45, 2.75) is 110 Å². The Balaban J connectivity index is 1.04. The molecular formula is C49H60N8O7. The molecule has 0 saturated carbocycles. The maximum absolute atomic E-state index is 13.7. The van der Waals surface area contributed by atoms with E-state index >= 15 is 0 Å². The Morgan fingerprint density at radius 1 is 0.734 bits per heavy atom. The topological polar surface area (TPSA) is 184 Å². The van der Waals surface area contributed by atoms with Crippen LogP contribution < -0.4 is 15.4 Å². The fraction of sp³-hybridized carbons (Fsp3) is 0.469. The van der Waals surface area contributed by atoms with Crippen LogP contribution in [0.5, 0.6) is 11.5 Å². The Bertz CT molecular complexity index is 2560. The number of carbonyl (C=O) groups excluding carboxylic acids is 4. The van der Waals surface area contributed by atoms with Gasteiger partial charge >= 0.3 is 12.2 Å². The Morgan fingerprint density at radius 2 is 1.25 bits per heavy atom. The Morgan fingerprint density at radius 3 is 1.75 bits per heavy atom. The summed E-state index contributed by atoms with van der Waals surface area (Å²) in [6.07, 6.45) is 7.33. The minimum absolute atomic E-state index is 0.118. The summed E-state index contributed by atoms with van der Waals surface area (Å²) in [6, 6.07) is 15.2. The lowest BCUT2D eigenvalue weighted by molar-refractivity contribution is -0.136. The molecule has 4 N–H and O–H groups in total.